The van der Waals surface area contributed by atoms with Crippen molar-refractivity contribution in [1.82, 2.24) is 5.32 Å². The minimum Gasteiger partial charge on any atom is -0.457 e. The molecule has 112 valence electrons. The van der Waals surface area contributed by atoms with Gasteiger partial charge >= 0.3 is 6.36 Å². The molecule has 1 N–H and O–H groups in total. The lowest BCUT2D eigenvalue weighted by atomic mass is 10.2. The Hall–Kier alpha value is -2.21. The molecule has 2 aromatic carbocycles. The first-order chi connectivity index (χ1) is 9.96. The third-order valence-electron chi connectivity index (χ3n) is 2.60. The average molecular weight is 297 g/mol. The van der Waals surface area contributed by atoms with Crippen LogP contribution in [0.5, 0.6) is 17.2 Å². The molecule has 3 nitrogen and oxygen atoms in total. The largest absolute Gasteiger partial charge is 0.573 e. The monoisotopic (exact) mass is 297 g/mol. The summed E-state index contributed by atoms with van der Waals surface area (Å²) in [6.07, 6.45) is -4.69. The van der Waals surface area contributed by atoms with Gasteiger partial charge in [-0.2, -0.15) is 0 Å². The van der Waals surface area contributed by atoms with E-state index in [9.17, 15) is 13.2 Å². The molecule has 0 bridgehead atoms. The molecular formula is C15H14F3NO2. The van der Waals surface area contributed by atoms with Gasteiger partial charge in [-0.3, -0.25) is 0 Å². The molecule has 0 aliphatic rings. The Morgan fingerprint density at radius 2 is 1.33 bits per heavy atom. The molecule has 0 heterocycles. The molecule has 0 unspecified atom stereocenters. The van der Waals surface area contributed by atoms with Crippen LogP contribution in [0, 0.1) is 0 Å². The van der Waals surface area contributed by atoms with Crippen molar-refractivity contribution in [1.29, 1.82) is 0 Å². The second kappa shape index (κ2) is 6.49. The van der Waals surface area contributed by atoms with E-state index < -0.39 is 6.36 Å². The highest BCUT2D eigenvalue weighted by Gasteiger charge is 2.30. The highest BCUT2D eigenvalue weighted by atomic mass is 19.4. The molecule has 0 fully saturated rings. The molecule has 21 heavy (non-hydrogen) atoms. The van der Waals surface area contributed by atoms with Crippen LogP contribution in [0.15, 0.2) is 48.5 Å². The maximum Gasteiger partial charge on any atom is 0.573 e. The van der Waals surface area contributed by atoms with E-state index in [1.54, 1.807) is 12.1 Å². The van der Waals surface area contributed by atoms with Gasteiger partial charge in [0.1, 0.15) is 17.2 Å². The molecule has 0 amide bonds. The van der Waals surface area contributed by atoms with Crippen LogP contribution in [0.1, 0.15) is 5.56 Å². The summed E-state index contributed by atoms with van der Waals surface area (Å²) in [7, 11) is 1.86. The smallest absolute Gasteiger partial charge is 0.457 e. The predicted molar refractivity (Wildman–Crippen MR) is 72.4 cm³/mol. The SMILES string of the molecule is CNCc1ccc(Oc2ccc(OC(F)(F)F)cc2)cc1. The van der Waals surface area contributed by atoms with Crippen molar-refractivity contribution in [3.8, 4) is 17.2 Å². The molecule has 0 saturated heterocycles. The standard InChI is InChI=1S/C15H14F3NO2/c1-19-10-11-2-4-12(5-3-11)20-13-6-8-14(9-7-13)21-15(16,17)18/h2-9,19H,10H2,1H3. The van der Waals surface area contributed by atoms with Crippen molar-refractivity contribution in [2.45, 2.75) is 12.9 Å². The molecule has 0 saturated carbocycles. The van der Waals surface area contributed by atoms with Crippen LogP contribution >= 0.6 is 0 Å². The van der Waals surface area contributed by atoms with Crippen LogP contribution in [0.3, 0.4) is 0 Å². The van der Waals surface area contributed by atoms with Crippen molar-refractivity contribution in [2.75, 3.05) is 7.05 Å². The lowest BCUT2D eigenvalue weighted by Gasteiger charge is -2.10. The lowest BCUT2D eigenvalue weighted by Crippen LogP contribution is -2.16. The van der Waals surface area contributed by atoms with Crippen molar-refractivity contribution in [3.63, 3.8) is 0 Å². The predicted octanol–water partition coefficient (Wildman–Crippen LogP) is 4.10. The molecule has 0 aliphatic heterocycles. The third kappa shape index (κ3) is 5.00. The van der Waals surface area contributed by atoms with Gasteiger partial charge in [0, 0.05) is 6.54 Å². The average Bonchev–Trinajstić information content (AvgIpc) is 2.42. The summed E-state index contributed by atoms with van der Waals surface area (Å²) < 4.78 is 45.4. The van der Waals surface area contributed by atoms with E-state index in [2.05, 4.69) is 10.1 Å². The molecule has 0 spiro atoms. The van der Waals surface area contributed by atoms with Crippen molar-refractivity contribution < 1.29 is 22.6 Å². The molecule has 0 atom stereocenters. The van der Waals surface area contributed by atoms with Crippen LogP contribution < -0.4 is 14.8 Å². The van der Waals surface area contributed by atoms with Gasteiger partial charge in [0.05, 0.1) is 0 Å². The van der Waals surface area contributed by atoms with Gasteiger partial charge < -0.3 is 14.8 Å². The van der Waals surface area contributed by atoms with Gasteiger partial charge in [-0.25, -0.2) is 0 Å². The first-order valence-corrected chi connectivity index (χ1v) is 6.23. The van der Waals surface area contributed by atoms with Crippen LogP contribution in [0.25, 0.3) is 0 Å². The molecular weight excluding hydrogens is 283 g/mol. The van der Waals surface area contributed by atoms with Gasteiger partial charge in [0.25, 0.3) is 0 Å². The number of hydrogen-bond donors (Lipinski definition) is 1. The van der Waals surface area contributed by atoms with E-state index in [1.807, 2.05) is 19.2 Å². The normalized spacial score (nSPS) is 11.2. The molecule has 2 aromatic rings. The number of hydrogen-bond acceptors (Lipinski definition) is 3. The van der Waals surface area contributed by atoms with Crippen LogP contribution in [0.4, 0.5) is 13.2 Å². The van der Waals surface area contributed by atoms with E-state index in [1.165, 1.54) is 24.3 Å². The molecule has 0 aliphatic carbocycles. The van der Waals surface area contributed by atoms with Crippen molar-refractivity contribution in [3.05, 3.63) is 54.1 Å². The lowest BCUT2D eigenvalue weighted by molar-refractivity contribution is -0.274. The Labute approximate surface area is 120 Å². The fourth-order valence-electron chi connectivity index (χ4n) is 1.72. The quantitative estimate of drug-likeness (QED) is 0.901. The van der Waals surface area contributed by atoms with E-state index in [-0.39, 0.29) is 5.75 Å². The number of alkyl halides is 3. The van der Waals surface area contributed by atoms with E-state index >= 15 is 0 Å². The van der Waals surface area contributed by atoms with Gasteiger partial charge in [-0.15, -0.1) is 13.2 Å². The number of nitrogens with one attached hydrogen (secondary N) is 1. The van der Waals surface area contributed by atoms with E-state index in [0.29, 0.717) is 11.5 Å². The summed E-state index contributed by atoms with van der Waals surface area (Å²) in [6, 6.07) is 12.7. The number of ether oxygens (including phenoxy) is 2. The van der Waals surface area contributed by atoms with Crippen LogP contribution in [-0.2, 0) is 6.54 Å². The summed E-state index contributed by atoms with van der Waals surface area (Å²) >= 11 is 0. The summed E-state index contributed by atoms with van der Waals surface area (Å²) in [5.41, 5.74) is 1.11. The number of benzene rings is 2. The Morgan fingerprint density at radius 3 is 1.81 bits per heavy atom. The van der Waals surface area contributed by atoms with Gasteiger partial charge in [-0.05, 0) is 49.0 Å². The summed E-state index contributed by atoms with van der Waals surface area (Å²) in [5.74, 6) is 0.768. The second-order valence-corrected chi connectivity index (χ2v) is 4.30. The minimum absolute atomic E-state index is 0.279. The van der Waals surface area contributed by atoms with Crippen LogP contribution in [0.2, 0.25) is 0 Å². The Kier molecular flexibility index (Phi) is 4.70. The summed E-state index contributed by atoms with van der Waals surface area (Å²) in [6.45, 7) is 0.754. The number of halogens is 3. The van der Waals surface area contributed by atoms with E-state index in [4.69, 9.17) is 4.74 Å². The van der Waals surface area contributed by atoms with Crippen molar-refractivity contribution >= 4 is 0 Å². The summed E-state index contributed by atoms with van der Waals surface area (Å²) in [4.78, 5) is 0. The third-order valence-corrected chi connectivity index (χ3v) is 2.60. The molecule has 2 rings (SSSR count). The van der Waals surface area contributed by atoms with Gasteiger partial charge in [-0.1, -0.05) is 12.1 Å². The Balaban J connectivity index is 1.99. The first-order valence-electron chi connectivity index (χ1n) is 6.23. The van der Waals surface area contributed by atoms with Crippen LogP contribution in [-0.4, -0.2) is 13.4 Å². The summed E-state index contributed by atoms with van der Waals surface area (Å²) in [5, 5.41) is 3.03. The maximum atomic E-state index is 12.0. The fraction of sp³-hybridized carbons (Fsp3) is 0.200. The highest BCUT2D eigenvalue weighted by Crippen LogP contribution is 2.27. The zero-order valence-electron chi connectivity index (χ0n) is 11.3. The minimum atomic E-state index is -4.69. The maximum absolute atomic E-state index is 12.0. The number of rotatable bonds is 5. The fourth-order valence-corrected chi connectivity index (χ4v) is 1.72. The topological polar surface area (TPSA) is 30.5 Å². The molecule has 6 heteroatoms. The van der Waals surface area contributed by atoms with Gasteiger partial charge in [0.15, 0.2) is 0 Å². The second-order valence-electron chi connectivity index (χ2n) is 4.30. The van der Waals surface area contributed by atoms with Crippen molar-refractivity contribution in [2.24, 2.45) is 0 Å². The molecule has 0 radical (unpaired) electrons. The Morgan fingerprint density at radius 1 is 0.857 bits per heavy atom. The molecule has 0 aromatic heterocycles. The Bertz CT molecular complexity index is 565. The zero-order chi connectivity index (χ0) is 15.3. The van der Waals surface area contributed by atoms with Gasteiger partial charge in [0.2, 0.25) is 0 Å². The van der Waals surface area contributed by atoms with E-state index in [0.717, 1.165) is 12.1 Å². The zero-order valence-corrected chi connectivity index (χ0v) is 11.3. The first kappa shape index (κ1) is 15.2. The highest BCUT2D eigenvalue weighted by molar-refractivity contribution is 5.36.